The molecular formula is C20H32O5. The maximum Gasteiger partial charge on any atom is 0.303 e. The van der Waals surface area contributed by atoms with E-state index in [4.69, 9.17) is 5.11 Å². The van der Waals surface area contributed by atoms with Crippen molar-refractivity contribution in [3.8, 4) is 0 Å². The Balaban J connectivity index is 2.48. The Morgan fingerprint density at radius 3 is 2.48 bits per heavy atom. The SMILES string of the molecule is CCCCCC(=O)/C=C/C1[C@H](O)C[C@H](O)[C@@H]1C/C=C\CCCC(=O)O. The molecule has 1 aliphatic rings. The average molecular weight is 352 g/mol. The summed E-state index contributed by atoms with van der Waals surface area (Å²) >= 11 is 0. The van der Waals surface area contributed by atoms with Crippen molar-refractivity contribution in [1.29, 1.82) is 0 Å². The first-order chi connectivity index (χ1) is 12.0. The minimum atomic E-state index is -0.795. The molecule has 0 aromatic carbocycles. The number of ketones is 1. The zero-order chi connectivity index (χ0) is 18.7. The largest absolute Gasteiger partial charge is 0.481 e. The first-order valence-corrected chi connectivity index (χ1v) is 9.39. The normalized spacial score (nSPS) is 26.7. The summed E-state index contributed by atoms with van der Waals surface area (Å²) in [5.74, 6) is -1.04. The number of hydrogen-bond donors (Lipinski definition) is 3. The quantitative estimate of drug-likeness (QED) is 0.285. The van der Waals surface area contributed by atoms with Crippen molar-refractivity contribution in [2.75, 3.05) is 0 Å². The van der Waals surface area contributed by atoms with Crippen LogP contribution in [0.2, 0.25) is 0 Å². The second-order valence-corrected chi connectivity index (χ2v) is 6.89. The van der Waals surface area contributed by atoms with E-state index in [1.807, 2.05) is 12.2 Å². The van der Waals surface area contributed by atoms with Crippen molar-refractivity contribution in [3.05, 3.63) is 24.3 Å². The number of carbonyl (C=O) groups is 2. The molecule has 0 heterocycles. The monoisotopic (exact) mass is 352 g/mol. The molecule has 5 heteroatoms. The third-order valence-electron chi connectivity index (χ3n) is 4.78. The van der Waals surface area contributed by atoms with Gasteiger partial charge in [0.05, 0.1) is 12.2 Å². The number of carboxylic acids is 1. The van der Waals surface area contributed by atoms with Gasteiger partial charge < -0.3 is 15.3 Å². The molecule has 4 atom stereocenters. The zero-order valence-corrected chi connectivity index (χ0v) is 15.1. The maximum absolute atomic E-state index is 11.9. The van der Waals surface area contributed by atoms with E-state index in [9.17, 15) is 19.8 Å². The van der Waals surface area contributed by atoms with E-state index in [1.165, 1.54) is 0 Å². The highest BCUT2D eigenvalue weighted by molar-refractivity contribution is 5.89. The van der Waals surface area contributed by atoms with Crippen LogP contribution in [0.1, 0.15) is 64.7 Å². The Morgan fingerprint density at radius 1 is 1.04 bits per heavy atom. The van der Waals surface area contributed by atoms with Crippen LogP contribution in [-0.2, 0) is 9.59 Å². The number of allylic oxidation sites excluding steroid dienone is 3. The summed E-state index contributed by atoms with van der Waals surface area (Å²) in [6.07, 6.45) is 11.9. The lowest BCUT2D eigenvalue weighted by atomic mass is 9.89. The molecule has 0 saturated heterocycles. The van der Waals surface area contributed by atoms with Gasteiger partial charge in [-0.15, -0.1) is 0 Å². The lowest BCUT2D eigenvalue weighted by Gasteiger charge is -2.19. The van der Waals surface area contributed by atoms with Gasteiger partial charge in [0.1, 0.15) is 0 Å². The number of rotatable bonds is 12. The van der Waals surface area contributed by atoms with Crippen LogP contribution in [0.25, 0.3) is 0 Å². The second-order valence-electron chi connectivity index (χ2n) is 6.89. The molecule has 1 aliphatic carbocycles. The molecule has 25 heavy (non-hydrogen) atoms. The molecule has 142 valence electrons. The molecule has 1 unspecified atom stereocenters. The predicted molar refractivity (Wildman–Crippen MR) is 97.1 cm³/mol. The lowest BCUT2D eigenvalue weighted by molar-refractivity contribution is -0.137. The van der Waals surface area contributed by atoms with E-state index >= 15 is 0 Å². The molecule has 0 aliphatic heterocycles. The van der Waals surface area contributed by atoms with Crippen LogP contribution >= 0.6 is 0 Å². The Kier molecular flexibility index (Phi) is 10.3. The molecule has 0 spiro atoms. The first kappa shape index (κ1) is 21.6. The summed E-state index contributed by atoms with van der Waals surface area (Å²) in [6.45, 7) is 2.09. The van der Waals surface area contributed by atoms with E-state index in [1.54, 1.807) is 12.2 Å². The number of aliphatic hydroxyl groups is 2. The fourth-order valence-electron chi connectivity index (χ4n) is 3.30. The van der Waals surface area contributed by atoms with Gasteiger partial charge in [0.2, 0.25) is 0 Å². The van der Waals surface area contributed by atoms with E-state index in [0.717, 1.165) is 19.3 Å². The number of unbranched alkanes of at least 4 members (excludes halogenated alkanes) is 3. The molecule has 0 amide bonds. The molecule has 0 bridgehead atoms. The van der Waals surface area contributed by atoms with Crippen molar-refractivity contribution in [1.82, 2.24) is 0 Å². The van der Waals surface area contributed by atoms with Crippen LogP contribution in [0, 0.1) is 11.8 Å². The Hall–Kier alpha value is -1.46. The van der Waals surface area contributed by atoms with E-state index in [2.05, 4.69) is 6.92 Å². The highest BCUT2D eigenvalue weighted by atomic mass is 16.4. The predicted octanol–water partition coefficient (Wildman–Crippen LogP) is 3.25. The molecule has 0 aromatic heterocycles. The van der Waals surface area contributed by atoms with Crippen LogP contribution in [0.5, 0.6) is 0 Å². The van der Waals surface area contributed by atoms with Crippen molar-refractivity contribution in [2.45, 2.75) is 76.9 Å². The molecule has 3 N–H and O–H groups in total. The summed E-state index contributed by atoms with van der Waals surface area (Å²) in [6, 6.07) is 0. The number of carboxylic acid groups (broad SMARTS) is 1. The van der Waals surface area contributed by atoms with E-state index < -0.39 is 18.2 Å². The van der Waals surface area contributed by atoms with Crippen LogP contribution in [-0.4, -0.2) is 39.3 Å². The van der Waals surface area contributed by atoms with Crippen LogP contribution in [0.15, 0.2) is 24.3 Å². The third-order valence-corrected chi connectivity index (χ3v) is 4.78. The first-order valence-electron chi connectivity index (χ1n) is 9.39. The third kappa shape index (κ3) is 8.45. The van der Waals surface area contributed by atoms with Crippen molar-refractivity contribution in [2.24, 2.45) is 11.8 Å². The lowest BCUT2D eigenvalue weighted by Crippen LogP contribution is -2.20. The molecule has 5 nitrogen and oxygen atoms in total. The minimum Gasteiger partial charge on any atom is -0.481 e. The Labute approximate surface area is 150 Å². The van der Waals surface area contributed by atoms with Crippen molar-refractivity contribution in [3.63, 3.8) is 0 Å². The fraction of sp³-hybridized carbons (Fsp3) is 0.700. The number of aliphatic hydroxyl groups excluding tert-OH is 2. The zero-order valence-electron chi connectivity index (χ0n) is 15.1. The van der Waals surface area contributed by atoms with E-state index in [0.29, 0.717) is 32.1 Å². The average Bonchev–Trinajstić information content (AvgIpc) is 2.82. The van der Waals surface area contributed by atoms with Gasteiger partial charge in [0.25, 0.3) is 0 Å². The molecule has 1 fully saturated rings. The molecule has 0 radical (unpaired) electrons. The van der Waals surface area contributed by atoms with Crippen molar-refractivity contribution >= 4 is 11.8 Å². The van der Waals surface area contributed by atoms with Gasteiger partial charge in [0, 0.05) is 25.2 Å². The molecule has 1 saturated carbocycles. The van der Waals surface area contributed by atoms with Gasteiger partial charge in [0.15, 0.2) is 5.78 Å². The van der Waals surface area contributed by atoms with Crippen LogP contribution in [0.4, 0.5) is 0 Å². The second kappa shape index (κ2) is 12.0. The summed E-state index contributed by atoms with van der Waals surface area (Å²) in [5, 5.41) is 28.9. The highest BCUT2D eigenvalue weighted by Crippen LogP contribution is 2.36. The standard InChI is InChI=1S/C20H32O5/c1-2-3-6-9-15(21)12-13-17-16(18(22)14-19(17)23)10-7-4-5-8-11-20(24)25/h4,7,12-13,16-19,22-23H,2-3,5-6,8-11,14H2,1H3,(H,24,25)/b7-4-,13-12+/t16-,17?,18+,19-/m1/s1. The van der Waals surface area contributed by atoms with Crippen LogP contribution in [0.3, 0.4) is 0 Å². The summed E-state index contributed by atoms with van der Waals surface area (Å²) in [5.41, 5.74) is 0. The summed E-state index contributed by atoms with van der Waals surface area (Å²) in [7, 11) is 0. The molecular weight excluding hydrogens is 320 g/mol. The van der Waals surface area contributed by atoms with Gasteiger partial charge >= 0.3 is 5.97 Å². The summed E-state index contributed by atoms with van der Waals surface area (Å²) < 4.78 is 0. The van der Waals surface area contributed by atoms with Gasteiger partial charge in [-0.25, -0.2) is 0 Å². The fourth-order valence-corrected chi connectivity index (χ4v) is 3.30. The van der Waals surface area contributed by atoms with Crippen molar-refractivity contribution < 1.29 is 24.9 Å². The van der Waals surface area contributed by atoms with E-state index in [-0.39, 0.29) is 24.0 Å². The number of aliphatic carboxylic acids is 1. The molecule has 1 rings (SSSR count). The highest BCUT2D eigenvalue weighted by Gasteiger charge is 2.39. The number of carbonyl (C=O) groups excluding carboxylic acids is 1. The maximum atomic E-state index is 11.9. The Bertz CT molecular complexity index is 469. The minimum absolute atomic E-state index is 0.0741. The van der Waals surface area contributed by atoms with Gasteiger partial charge in [-0.1, -0.05) is 38.0 Å². The summed E-state index contributed by atoms with van der Waals surface area (Å²) in [4.78, 5) is 22.3. The smallest absolute Gasteiger partial charge is 0.303 e. The van der Waals surface area contributed by atoms with Gasteiger partial charge in [-0.3, -0.25) is 9.59 Å². The number of hydrogen-bond acceptors (Lipinski definition) is 4. The molecule has 0 aromatic rings. The van der Waals surface area contributed by atoms with Gasteiger partial charge in [-0.05, 0) is 37.7 Å². The van der Waals surface area contributed by atoms with Gasteiger partial charge in [-0.2, -0.15) is 0 Å². The Morgan fingerprint density at radius 2 is 1.80 bits per heavy atom. The van der Waals surface area contributed by atoms with Crippen LogP contribution < -0.4 is 0 Å². The topological polar surface area (TPSA) is 94.8 Å².